The number of non-ortho nitro benzene ring substituents is 1. The molecule has 2 aromatic carbocycles. The van der Waals surface area contributed by atoms with Gasteiger partial charge in [0.1, 0.15) is 0 Å². The summed E-state index contributed by atoms with van der Waals surface area (Å²) >= 11 is 2.25. The zero-order valence-electron chi connectivity index (χ0n) is 15.6. The van der Waals surface area contributed by atoms with Crippen molar-refractivity contribution in [3.8, 4) is 11.5 Å². The van der Waals surface area contributed by atoms with Crippen molar-refractivity contribution in [2.75, 3.05) is 23.2 Å². The van der Waals surface area contributed by atoms with Gasteiger partial charge < -0.3 is 14.8 Å². The second-order valence-corrected chi connectivity index (χ2v) is 8.24. The maximum absolute atomic E-state index is 12.4. The minimum absolute atomic E-state index is 0.0213. The molecule has 0 unspecified atom stereocenters. The molecule has 158 valence electrons. The van der Waals surface area contributed by atoms with Gasteiger partial charge in [0.05, 0.1) is 10.7 Å². The second kappa shape index (κ2) is 8.97. The van der Waals surface area contributed by atoms with Gasteiger partial charge in [-0.1, -0.05) is 29.2 Å². The van der Waals surface area contributed by atoms with Crippen molar-refractivity contribution < 1.29 is 24.0 Å². The van der Waals surface area contributed by atoms with Gasteiger partial charge in [-0.2, -0.15) is 0 Å². The van der Waals surface area contributed by atoms with Crippen LogP contribution in [0.4, 0.5) is 16.5 Å². The third-order valence-electron chi connectivity index (χ3n) is 3.93. The van der Waals surface area contributed by atoms with Gasteiger partial charge in [0.2, 0.25) is 17.8 Å². The number of fused-ring (bicyclic) bond motifs is 1. The van der Waals surface area contributed by atoms with Crippen molar-refractivity contribution in [3.63, 3.8) is 0 Å². The Morgan fingerprint density at radius 2 is 1.97 bits per heavy atom. The first-order chi connectivity index (χ1) is 15.0. The van der Waals surface area contributed by atoms with Gasteiger partial charge in [-0.05, 0) is 24.3 Å². The molecular weight excluding hydrogens is 446 g/mol. The van der Waals surface area contributed by atoms with Crippen LogP contribution in [0.3, 0.4) is 0 Å². The van der Waals surface area contributed by atoms with Crippen LogP contribution in [0.5, 0.6) is 11.5 Å². The molecule has 0 aliphatic carbocycles. The van der Waals surface area contributed by atoms with Crippen molar-refractivity contribution in [1.29, 1.82) is 0 Å². The van der Waals surface area contributed by atoms with Crippen LogP contribution in [0.1, 0.15) is 10.4 Å². The summed E-state index contributed by atoms with van der Waals surface area (Å²) in [5, 5.41) is 24.2. The molecule has 0 spiro atoms. The van der Waals surface area contributed by atoms with E-state index in [1.165, 1.54) is 18.2 Å². The second-order valence-electron chi connectivity index (χ2n) is 6.04. The molecule has 0 atom stereocenters. The lowest BCUT2D eigenvalue weighted by atomic mass is 10.2. The number of amides is 2. The van der Waals surface area contributed by atoms with Gasteiger partial charge in [0.15, 0.2) is 15.8 Å². The Balaban J connectivity index is 1.30. The van der Waals surface area contributed by atoms with Crippen LogP contribution in [-0.2, 0) is 4.79 Å². The highest BCUT2D eigenvalue weighted by atomic mass is 32.2. The number of aromatic nitrogens is 2. The van der Waals surface area contributed by atoms with Crippen LogP contribution < -0.4 is 20.1 Å². The highest BCUT2D eigenvalue weighted by molar-refractivity contribution is 8.01. The summed E-state index contributed by atoms with van der Waals surface area (Å²) < 4.78 is 11.0. The van der Waals surface area contributed by atoms with Gasteiger partial charge in [0.25, 0.3) is 11.6 Å². The lowest BCUT2D eigenvalue weighted by Crippen LogP contribution is -2.14. The lowest BCUT2D eigenvalue weighted by Gasteiger charge is -2.03. The van der Waals surface area contributed by atoms with Gasteiger partial charge in [-0.3, -0.25) is 25.0 Å². The van der Waals surface area contributed by atoms with E-state index in [2.05, 4.69) is 20.8 Å². The summed E-state index contributed by atoms with van der Waals surface area (Å²) in [6, 6.07) is 10.5. The number of ether oxygens (including phenoxy) is 2. The van der Waals surface area contributed by atoms with Crippen LogP contribution in [0.25, 0.3) is 0 Å². The maximum atomic E-state index is 12.4. The van der Waals surface area contributed by atoms with Gasteiger partial charge in [-0.15, -0.1) is 10.2 Å². The number of hydrogen-bond donors (Lipinski definition) is 2. The maximum Gasteiger partial charge on any atom is 0.271 e. The SMILES string of the molecule is O=C(CSc1nnc(NC(=O)c2ccc3c(c2)OCO3)s1)Nc1cccc([N+](=O)[O-])c1. The van der Waals surface area contributed by atoms with Crippen LogP contribution >= 0.6 is 23.1 Å². The Bertz CT molecular complexity index is 1170. The molecule has 13 heteroatoms. The number of anilines is 2. The molecular formula is C18H13N5O6S2. The summed E-state index contributed by atoms with van der Waals surface area (Å²) in [6.07, 6.45) is 0. The van der Waals surface area contributed by atoms with E-state index in [-0.39, 0.29) is 35.2 Å². The quantitative estimate of drug-likeness (QED) is 0.235. The number of nitro groups is 1. The summed E-state index contributed by atoms with van der Waals surface area (Å²) in [4.78, 5) is 34.7. The summed E-state index contributed by atoms with van der Waals surface area (Å²) in [6.45, 7) is 0.117. The van der Waals surface area contributed by atoms with Crippen LogP contribution in [0.15, 0.2) is 46.8 Å². The molecule has 1 aliphatic rings. The van der Waals surface area contributed by atoms with Crippen molar-refractivity contribution in [3.05, 3.63) is 58.1 Å². The van der Waals surface area contributed by atoms with E-state index in [1.54, 1.807) is 24.3 Å². The first kappa shape index (κ1) is 20.6. The number of nitrogens with zero attached hydrogens (tertiary/aromatic N) is 3. The number of carbonyl (C=O) groups is 2. The fourth-order valence-corrected chi connectivity index (χ4v) is 4.09. The van der Waals surface area contributed by atoms with E-state index in [0.717, 1.165) is 23.1 Å². The summed E-state index contributed by atoms with van der Waals surface area (Å²) in [7, 11) is 0. The molecule has 31 heavy (non-hydrogen) atoms. The predicted molar refractivity (Wildman–Crippen MR) is 113 cm³/mol. The van der Waals surface area contributed by atoms with E-state index < -0.39 is 4.92 Å². The molecule has 2 N–H and O–H groups in total. The summed E-state index contributed by atoms with van der Waals surface area (Å²) in [5.74, 6) is 0.361. The number of benzene rings is 2. The number of nitrogens with one attached hydrogen (secondary N) is 2. The van der Waals surface area contributed by atoms with Crippen LogP contribution in [-0.4, -0.2) is 39.5 Å². The average Bonchev–Trinajstić information content (AvgIpc) is 3.41. The topological polar surface area (TPSA) is 146 Å². The first-order valence-corrected chi connectivity index (χ1v) is 10.5. The average molecular weight is 459 g/mol. The van der Waals surface area contributed by atoms with Gasteiger partial charge in [0, 0.05) is 23.4 Å². The Hall–Kier alpha value is -3.71. The van der Waals surface area contributed by atoms with Crippen LogP contribution in [0, 0.1) is 10.1 Å². The highest BCUT2D eigenvalue weighted by Crippen LogP contribution is 2.33. The molecule has 1 aromatic heterocycles. The number of carbonyl (C=O) groups excluding carboxylic acids is 2. The predicted octanol–water partition coefficient (Wildman–Crippen LogP) is 3.16. The van der Waals surface area contributed by atoms with Crippen LogP contribution in [0.2, 0.25) is 0 Å². The first-order valence-electron chi connectivity index (χ1n) is 8.69. The zero-order chi connectivity index (χ0) is 21.8. The largest absolute Gasteiger partial charge is 0.454 e. The highest BCUT2D eigenvalue weighted by Gasteiger charge is 2.17. The minimum Gasteiger partial charge on any atom is -0.454 e. The summed E-state index contributed by atoms with van der Waals surface area (Å²) in [5.41, 5.74) is 0.594. The van der Waals surface area contributed by atoms with Crippen molar-refractivity contribution in [2.45, 2.75) is 4.34 Å². The molecule has 0 radical (unpaired) electrons. The molecule has 0 saturated carbocycles. The Kier molecular flexibility index (Phi) is 5.95. The number of hydrogen-bond acceptors (Lipinski definition) is 10. The van der Waals surface area contributed by atoms with Crippen molar-refractivity contribution >= 4 is 51.4 Å². The molecule has 0 saturated heterocycles. The standard InChI is InChI=1S/C18H13N5O6S2/c24-15(19-11-2-1-3-12(7-11)23(26)27)8-30-18-22-21-17(31-18)20-16(25)10-4-5-13-14(6-10)29-9-28-13/h1-7H,8-9H2,(H,19,24)(H,20,21,25). The molecule has 3 aromatic rings. The minimum atomic E-state index is -0.537. The van der Waals surface area contributed by atoms with E-state index in [0.29, 0.717) is 27.1 Å². The van der Waals surface area contributed by atoms with E-state index in [9.17, 15) is 19.7 Å². The molecule has 0 bridgehead atoms. The molecule has 11 nitrogen and oxygen atoms in total. The zero-order valence-corrected chi connectivity index (χ0v) is 17.2. The van der Waals surface area contributed by atoms with Gasteiger partial charge >= 0.3 is 0 Å². The third-order valence-corrected chi connectivity index (χ3v) is 5.90. The fourth-order valence-electron chi connectivity index (χ4n) is 2.55. The van der Waals surface area contributed by atoms with Crippen molar-refractivity contribution in [1.82, 2.24) is 10.2 Å². The van der Waals surface area contributed by atoms with E-state index >= 15 is 0 Å². The third kappa shape index (κ3) is 5.07. The Labute approximate surface area is 182 Å². The molecule has 4 rings (SSSR count). The molecule has 2 amide bonds. The van der Waals surface area contributed by atoms with Crippen molar-refractivity contribution in [2.24, 2.45) is 0 Å². The Morgan fingerprint density at radius 1 is 1.13 bits per heavy atom. The number of nitro benzene ring substituents is 1. The smallest absolute Gasteiger partial charge is 0.271 e. The molecule has 1 aliphatic heterocycles. The Morgan fingerprint density at radius 3 is 2.81 bits per heavy atom. The number of thioether (sulfide) groups is 1. The normalized spacial score (nSPS) is 11.7. The monoisotopic (exact) mass is 459 g/mol. The van der Waals surface area contributed by atoms with E-state index in [1.807, 2.05) is 0 Å². The number of rotatable bonds is 7. The van der Waals surface area contributed by atoms with Gasteiger partial charge in [-0.25, -0.2) is 0 Å². The van der Waals surface area contributed by atoms with E-state index in [4.69, 9.17) is 9.47 Å². The lowest BCUT2D eigenvalue weighted by molar-refractivity contribution is -0.384. The molecule has 2 heterocycles. The molecule has 0 fully saturated rings. The fraction of sp³-hybridized carbons (Fsp3) is 0.111.